The zero-order valence-electron chi connectivity index (χ0n) is 13.8. The molecule has 0 spiro atoms. The quantitative estimate of drug-likeness (QED) is 0.308. The average Bonchev–Trinajstić information content (AvgIpc) is 2.59. The number of alkyl halides is 3. The van der Waals surface area contributed by atoms with Crippen LogP contribution in [0.1, 0.15) is 17.5 Å². The number of carbonyl (C=O) groups is 2. The molecular formula is C17H12Br2F3N3O3. The maximum absolute atomic E-state index is 12.7. The third-order valence-corrected chi connectivity index (χ3v) is 4.45. The summed E-state index contributed by atoms with van der Waals surface area (Å²) in [6.07, 6.45) is -3.88. The fourth-order valence-corrected chi connectivity index (χ4v) is 3.22. The highest BCUT2D eigenvalue weighted by molar-refractivity contribution is 9.11. The normalized spacial score (nSPS) is 11.5. The first kappa shape index (κ1) is 21.9. The Labute approximate surface area is 174 Å². The van der Waals surface area contributed by atoms with Gasteiger partial charge in [0.05, 0.1) is 20.7 Å². The molecular weight excluding hydrogens is 511 g/mol. The average molecular weight is 523 g/mol. The Hall–Kier alpha value is -2.40. The van der Waals surface area contributed by atoms with E-state index in [-0.39, 0.29) is 11.4 Å². The zero-order chi connectivity index (χ0) is 20.9. The van der Waals surface area contributed by atoms with Gasteiger partial charge in [0.2, 0.25) is 11.8 Å². The molecule has 3 N–H and O–H groups in total. The largest absolute Gasteiger partial charge is 0.506 e. The third kappa shape index (κ3) is 6.34. The number of phenolic OH excluding ortho intramolecular Hbond substituents is 1. The number of halogens is 5. The summed E-state index contributed by atoms with van der Waals surface area (Å²) in [5, 5.41) is 15.5. The molecule has 11 heteroatoms. The van der Waals surface area contributed by atoms with Crippen LogP contribution in [0.4, 0.5) is 18.9 Å². The van der Waals surface area contributed by atoms with E-state index >= 15 is 0 Å². The number of nitrogens with one attached hydrogen (secondary N) is 2. The van der Waals surface area contributed by atoms with Crippen molar-refractivity contribution >= 4 is 55.6 Å². The van der Waals surface area contributed by atoms with Gasteiger partial charge >= 0.3 is 6.18 Å². The summed E-state index contributed by atoms with van der Waals surface area (Å²) in [4.78, 5) is 23.5. The molecule has 0 heterocycles. The predicted octanol–water partition coefficient (Wildman–Crippen LogP) is 4.41. The van der Waals surface area contributed by atoms with Gasteiger partial charge in [-0.15, -0.1) is 0 Å². The first-order chi connectivity index (χ1) is 13.1. The van der Waals surface area contributed by atoms with Crippen LogP contribution in [0.15, 0.2) is 50.4 Å². The van der Waals surface area contributed by atoms with Crippen molar-refractivity contribution in [1.82, 2.24) is 5.43 Å². The number of anilines is 1. The fourth-order valence-electron chi connectivity index (χ4n) is 2.00. The minimum atomic E-state index is -4.54. The van der Waals surface area contributed by atoms with Gasteiger partial charge in [-0.25, -0.2) is 5.43 Å². The van der Waals surface area contributed by atoms with Crippen LogP contribution in [0, 0.1) is 0 Å². The van der Waals surface area contributed by atoms with E-state index in [0.29, 0.717) is 14.5 Å². The molecule has 0 saturated carbocycles. The van der Waals surface area contributed by atoms with Crippen LogP contribution in [-0.4, -0.2) is 23.1 Å². The summed E-state index contributed by atoms with van der Waals surface area (Å²) < 4.78 is 38.8. The highest BCUT2D eigenvalue weighted by Gasteiger charge is 2.30. The first-order valence-corrected chi connectivity index (χ1v) is 9.12. The number of hydrazone groups is 1. The van der Waals surface area contributed by atoms with Gasteiger partial charge in [0.15, 0.2) is 0 Å². The molecule has 0 fully saturated rings. The fraction of sp³-hybridized carbons (Fsp3) is 0.118. The van der Waals surface area contributed by atoms with Crippen molar-refractivity contribution in [2.75, 3.05) is 5.32 Å². The van der Waals surface area contributed by atoms with Gasteiger partial charge in [0, 0.05) is 5.69 Å². The standard InChI is InChI=1S/C17H12Br2F3N3O3/c18-12-4-9(5-13(19)16(12)28)8-23-25-15(27)7-14(26)24-11-3-1-2-10(6-11)17(20,21)22/h1-6,8,28H,7H2,(H,24,26)(H,25,27)/b23-8+. The molecule has 2 aromatic carbocycles. The number of rotatable bonds is 5. The summed E-state index contributed by atoms with van der Waals surface area (Å²) in [5.41, 5.74) is 1.69. The maximum Gasteiger partial charge on any atom is 0.416 e. The topological polar surface area (TPSA) is 90.8 Å². The van der Waals surface area contributed by atoms with E-state index in [1.165, 1.54) is 12.3 Å². The lowest BCUT2D eigenvalue weighted by Gasteiger charge is -2.09. The van der Waals surface area contributed by atoms with Crippen molar-refractivity contribution in [3.63, 3.8) is 0 Å². The number of benzene rings is 2. The summed E-state index contributed by atoms with van der Waals surface area (Å²) >= 11 is 6.29. The Morgan fingerprint density at radius 1 is 1.11 bits per heavy atom. The molecule has 0 bridgehead atoms. The van der Waals surface area contributed by atoms with Gasteiger partial charge in [-0.05, 0) is 67.8 Å². The van der Waals surface area contributed by atoms with E-state index in [4.69, 9.17) is 0 Å². The van der Waals surface area contributed by atoms with Crippen LogP contribution in [-0.2, 0) is 15.8 Å². The van der Waals surface area contributed by atoms with E-state index < -0.39 is 30.0 Å². The second kappa shape index (κ2) is 9.20. The van der Waals surface area contributed by atoms with Crippen molar-refractivity contribution in [3.05, 3.63) is 56.5 Å². The lowest BCUT2D eigenvalue weighted by atomic mass is 10.2. The van der Waals surface area contributed by atoms with Gasteiger partial charge in [0.1, 0.15) is 12.2 Å². The molecule has 2 aromatic rings. The molecule has 0 aliphatic carbocycles. The minimum Gasteiger partial charge on any atom is -0.506 e. The van der Waals surface area contributed by atoms with Gasteiger partial charge in [-0.3, -0.25) is 9.59 Å². The number of hydrogen-bond donors (Lipinski definition) is 3. The van der Waals surface area contributed by atoms with Crippen LogP contribution in [0.5, 0.6) is 5.75 Å². The summed E-state index contributed by atoms with van der Waals surface area (Å²) in [5.74, 6) is -1.53. The molecule has 0 aliphatic heterocycles. The lowest BCUT2D eigenvalue weighted by Crippen LogP contribution is -2.24. The second-order valence-corrected chi connectivity index (χ2v) is 7.14. The number of hydrogen-bond acceptors (Lipinski definition) is 4. The number of amides is 2. The van der Waals surface area contributed by atoms with E-state index in [9.17, 15) is 27.9 Å². The molecule has 0 aliphatic rings. The minimum absolute atomic E-state index is 0.00690. The molecule has 28 heavy (non-hydrogen) atoms. The molecule has 0 unspecified atom stereocenters. The summed E-state index contributed by atoms with van der Waals surface area (Å²) in [6, 6.07) is 7.18. The lowest BCUT2D eigenvalue weighted by molar-refractivity contribution is -0.137. The summed E-state index contributed by atoms with van der Waals surface area (Å²) in [6.45, 7) is 0. The van der Waals surface area contributed by atoms with Crippen molar-refractivity contribution in [2.45, 2.75) is 12.6 Å². The van der Waals surface area contributed by atoms with Crippen LogP contribution in [0.3, 0.4) is 0 Å². The molecule has 0 aromatic heterocycles. The van der Waals surface area contributed by atoms with E-state index in [1.807, 2.05) is 0 Å². The van der Waals surface area contributed by atoms with Crippen LogP contribution >= 0.6 is 31.9 Å². The molecule has 0 atom stereocenters. The van der Waals surface area contributed by atoms with Gasteiger partial charge in [-0.2, -0.15) is 18.3 Å². The van der Waals surface area contributed by atoms with E-state index in [1.54, 1.807) is 12.1 Å². The molecule has 2 rings (SSSR count). The Balaban J connectivity index is 1.90. The monoisotopic (exact) mass is 521 g/mol. The third-order valence-electron chi connectivity index (χ3n) is 3.24. The van der Waals surface area contributed by atoms with Crippen molar-refractivity contribution in [1.29, 1.82) is 0 Å². The van der Waals surface area contributed by atoms with Crippen molar-refractivity contribution in [3.8, 4) is 5.75 Å². The Kier molecular flexibility index (Phi) is 7.19. The summed E-state index contributed by atoms with van der Waals surface area (Å²) in [7, 11) is 0. The van der Waals surface area contributed by atoms with E-state index in [2.05, 4.69) is 47.7 Å². The van der Waals surface area contributed by atoms with E-state index in [0.717, 1.165) is 18.2 Å². The Morgan fingerprint density at radius 3 is 2.36 bits per heavy atom. The van der Waals surface area contributed by atoms with Gasteiger partial charge in [-0.1, -0.05) is 6.07 Å². The Morgan fingerprint density at radius 2 is 1.75 bits per heavy atom. The predicted molar refractivity (Wildman–Crippen MR) is 104 cm³/mol. The molecule has 2 amide bonds. The zero-order valence-corrected chi connectivity index (χ0v) is 17.0. The van der Waals surface area contributed by atoms with Crippen LogP contribution < -0.4 is 10.7 Å². The van der Waals surface area contributed by atoms with Crippen molar-refractivity contribution < 1.29 is 27.9 Å². The van der Waals surface area contributed by atoms with Crippen molar-refractivity contribution in [2.24, 2.45) is 5.10 Å². The molecule has 6 nitrogen and oxygen atoms in total. The van der Waals surface area contributed by atoms with Gasteiger partial charge in [0.25, 0.3) is 0 Å². The maximum atomic E-state index is 12.7. The number of carbonyl (C=O) groups excluding carboxylic acids is 2. The highest BCUT2D eigenvalue weighted by atomic mass is 79.9. The smallest absolute Gasteiger partial charge is 0.416 e. The second-order valence-electron chi connectivity index (χ2n) is 5.43. The van der Waals surface area contributed by atoms with Crippen LogP contribution in [0.2, 0.25) is 0 Å². The molecule has 0 radical (unpaired) electrons. The number of nitrogens with zero attached hydrogens (tertiary/aromatic N) is 1. The first-order valence-electron chi connectivity index (χ1n) is 7.53. The van der Waals surface area contributed by atoms with Gasteiger partial charge < -0.3 is 10.4 Å². The number of phenols is 1. The number of aromatic hydroxyl groups is 1. The Bertz CT molecular complexity index is 910. The highest BCUT2D eigenvalue weighted by Crippen LogP contribution is 2.33. The SMILES string of the molecule is O=C(CC(=O)Nc1cccc(C(F)(F)F)c1)N/N=C/c1cc(Br)c(O)c(Br)c1. The molecule has 0 saturated heterocycles. The van der Waals surface area contributed by atoms with Crippen LogP contribution in [0.25, 0.3) is 0 Å². The molecule has 148 valence electrons.